The molecule has 0 unspecified atom stereocenters. The van der Waals surface area contributed by atoms with Crippen LogP contribution < -0.4 is 10.1 Å². The molecule has 0 heterocycles. The van der Waals surface area contributed by atoms with Gasteiger partial charge in [-0.15, -0.1) is 0 Å². The van der Waals surface area contributed by atoms with Crippen molar-refractivity contribution in [2.45, 2.75) is 26.3 Å². The normalized spacial score (nSPS) is 10.4. The molecular weight excluding hydrogens is 259 g/mol. The average molecular weight is 282 g/mol. The Morgan fingerprint density at radius 3 is 2.80 bits per heavy atom. The van der Waals surface area contributed by atoms with Gasteiger partial charge in [0.15, 0.2) is 11.6 Å². The molecule has 0 aliphatic rings. The molecule has 20 heavy (non-hydrogen) atoms. The van der Waals surface area contributed by atoms with E-state index in [9.17, 15) is 9.18 Å². The molecule has 112 valence electrons. The van der Waals surface area contributed by atoms with Crippen LogP contribution in [0.25, 0.3) is 0 Å². The summed E-state index contributed by atoms with van der Waals surface area (Å²) in [6.45, 7) is 3.71. The quantitative estimate of drug-likeness (QED) is 0.743. The summed E-state index contributed by atoms with van der Waals surface area (Å²) in [5.74, 6) is -0.0277. The third kappa shape index (κ3) is 5.17. The lowest BCUT2D eigenvalue weighted by molar-refractivity contribution is -0.128. The number of benzene rings is 1. The molecule has 1 N–H and O–H groups in total. The molecule has 1 aromatic rings. The van der Waals surface area contributed by atoms with Crippen LogP contribution in [-0.4, -0.2) is 38.1 Å². The van der Waals surface area contributed by atoms with Crippen molar-refractivity contribution in [2.75, 3.05) is 27.2 Å². The first-order valence-electron chi connectivity index (χ1n) is 6.87. The molecule has 0 bridgehead atoms. The van der Waals surface area contributed by atoms with E-state index >= 15 is 0 Å². The second-order valence-corrected chi connectivity index (χ2v) is 4.75. The number of hydrogen-bond donors (Lipinski definition) is 1. The molecule has 1 rings (SSSR count). The molecule has 0 fully saturated rings. The van der Waals surface area contributed by atoms with Gasteiger partial charge >= 0.3 is 0 Å². The lowest BCUT2D eigenvalue weighted by Gasteiger charge is -2.13. The number of ether oxygens (including phenoxy) is 1. The minimum atomic E-state index is -0.362. The summed E-state index contributed by atoms with van der Waals surface area (Å²) in [7, 11) is 3.43. The number of carbonyl (C=O) groups excluding carboxylic acids is 1. The van der Waals surface area contributed by atoms with Gasteiger partial charge in [-0.2, -0.15) is 0 Å². The van der Waals surface area contributed by atoms with Crippen molar-refractivity contribution < 1.29 is 13.9 Å². The summed E-state index contributed by atoms with van der Waals surface area (Å²) in [4.78, 5) is 13.0. The molecule has 0 saturated carbocycles. The van der Waals surface area contributed by atoms with Crippen molar-refractivity contribution >= 4 is 5.91 Å². The Hall–Kier alpha value is -1.62. The van der Waals surface area contributed by atoms with Crippen LogP contribution in [0.2, 0.25) is 0 Å². The van der Waals surface area contributed by atoms with Gasteiger partial charge in [-0.05, 0) is 19.0 Å². The van der Waals surface area contributed by atoms with E-state index in [1.165, 1.54) is 6.07 Å². The van der Waals surface area contributed by atoms with Crippen LogP contribution in [0.5, 0.6) is 5.75 Å². The molecule has 0 saturated heterocycles. The molecule has 0 radical (unpaired) electrons. The molecule has 0 spiro atoms. The maximum Gasteiger partial charge on any atom is 0.222 e. The van der Waals surface area contributed by atoms with Gasteiger partial charge in [0, 0.05) is 32.6 Å². The Balaban J connectivity index is 2.52. The molecule has 1 amide bonds. The SMILES string of the molecule is CCNCc1cccc(F)c1OCCCC(=O)N(C)C. The molecule has 5 heteroatoms. The van der Waals surface area contributed by atoms with Gasteiger partial charge in [-0.3, -0.25) is 4.79 Å². The minimum Gasteiger partial charge on any atom is -0.490 e. The van der Waals surface area contributed by atoms with Crippen LogP contribution in [0, 0.1) is 5.82 Å². The lowest BCUT2D eigenvalue weighted by atomic mass is 10.2. The van der Waals surface area contributed by atoms with Gasteiger partial charge in [0.25, 0.3) is 0 Å². The zero-order chi connectivity index (χ0) is 15.0. The summed E-state index contributed by atoms with van der Waals surface area (Å²) in [5, 5.41) is 3.15. The number of para-hydroxylation sites is 1. The summed E-state index contributed by atoms with van der Waals surface area (Å²) < 4.78 is 19.3. The summed E-state index contributed by atoms with van der Waals surface area (Å²) in [6, 6.07) is 4.90. The smallest absolute Gasteiger partial charge is 0.222 e. The second-order valence-electron chi connectivity index (χ2n) is 4.75. The largest absolute Gasteiger partial charge is 0.490 e. The Labute approximate surface area is 119 Å². The third-order valence-corrected chi connectivity index (χ3v) is 2.89. The molecule has 4 nitrogen and oxygen atoms in total. The van der Waals surface area contributed by atoms with E-state index in [0.717, 1.165) is 12.1 Å². The summed E-state index contributed by atoms with van der Waals surface area (Å²) in [5.41, 5.74) is 0.797. The van der Waals surface area contributed by atoms with Crippen LogP contribution in [-0.2, 0) is 11.3 Å². The van der Waals surface area contributed by atoms with Crippen molar-refractivity contribution in [3.05, 3.63) is 29.6 Å². The van der Waals surface area contributed by atoms with E-state index in [2.05, 4.69) is 5.32 Å². The van der Waals surface area contributed by atoms with Gasteiger partial charge in [-0.25, -0.2) is 4.39 Å². The zero-order valence-corrected chi connectivity index (χ0v) is 12.4. The number of rotatable bonds is 8. The monoisotopic (exact) mass is 282 g/mol. The highest BCUT2D eigenvalue weighted by atomic mass is 19.1. The Bertz CT molecular complexity index is 436. The van der Waals surface area contributed by atoms with E-state index in [1.807, 2.05) is 13.0 Å². The summed E-state index contributed by atoms with van der Waals surface area (Å²) in [6.07, 6.45) is 0.982. The van der Waals surface area contributed by atoms with Crippen LogP contribution >= 0.6 is 0 Å². The zero-order valence-electron chi connectivity index (χ0n) is 12.4. The predicted octanol–water partition coefficient (Wildman–Crippen LogP) is 2.18. The lowest BCUT2D eigenvalue weighted by Crippen LogP contribution is -2.22. The summed E-state index contributed by atoms with van der Waals surface area (Å²) >= 11 is 0. The topological polar surface area (TPSA) is 41.6 Å². The molecule has 0 aliphatic heterocycles. The fourth-order valence-corrected chi connectivity index (χ4v) is 1.74. The van der Waals surface area contributed by atoms with E-state index in [-0.39, 0.29) is 17.5 Å². The second kappa shape index (κ2) is 8.53. The molecule has 0 aliphatic carbocycles. The Morgan fingerprint density at radius 2 is 2.15 bits per heavy atom. The standard InChI is InChI=1S/C15H23FN2O2/c1-4-17-11-12-7-5-8-13(16)15(12)20-10-6-9-14(19)18(2)3/h5,7-8,17H,4,6,9-11H2,1-3H3. The van der Waals surface area contributed by atoms with Gasteiger partial charge in [0.1, 0.15) is 0 Å². The maximum absolute atomic E-state index is 13.8. The highest BCUT2D eigenvalue weighted by Crippen LogP contribution is 2.22. The van der Waals surface area contributed by atoms with Crippen molar-refractivity contribution in [2.24, 2.45) is 0 Å². The van der Waals surface area contributed by atoms with Gasteiger partial charge in [-0.1, -0.05) is 19.1 Å². The van der Waals surface area contributed by atoms with Crippen molar-refractivity contribution in [1.82, 2.24) is 10.2 Å². The van der Waals surface area contributed by atoms with Gasteiger partial charge < -0.3 is 15.0 Å². The first-order chi connectivity index (χ1) is 9.56. The van der Waals surface area contributed by atoms with E-state index < -0.39 is 0 Å². The predicted molar refractivity (Wildman–Crippen MR) is 77.2 cm³/mol. The highest BCUT2D eigenvalue weighted by Gasteiger charge is 2.10. The van der Waals surface area contributed by atoms with E-state index in [4.69, 9.17) is 4.74 Å². The number of amides is 1. The number of halogens is 1. The number of nitrogens with zero attached hydrogens (tertiary/aromatic N) is 1. The fourth-order valence-electron chi connectivity index (χ4n) is 1.74. The van der Waals surface area contributed by atoms with Crippen molar-refractivity contribution in [1.29, 1.82) is 0 Å². The highest BCUT2D eigenvalue weighted by molar-refractivity contribution is 5.75. The number of carbonyl (C=O) groups is 1. The van der Waals surface area contributed by atoms with Crippen LogP contribution in [0.3, 0.4) is 0 Å². The minimum absolute atomic E-state index is 0.0509. The molecule has 1 aromatic carbocycles. The van der Waals surface area contributed by atoms with E-state index in [0.29, 0.717) is 26.0 Å². The van der Waals surface area contributed by atoms with E-state index in [1.54, 1.807) is 25.1 Å². The third-order valence-electron chi connectivity index (χ3n) is 2.89. The Morgan fingerprint density at radius 1 is 1.40 bits per heavy atom. The fraction of sp³-hybridized carbons (Fsp3) is 0.533. The first-order valence-corrected chi connectivity index (χ1v) is 6.87. The first kappa shape index (κ1) is 16.4. The molecule has 0 atom stereocenters. The van der Waals surface area contributed by atoms with Crippen molar-refractivity contribution in [3.63, 3.8) is 0 Å². The van der Waals surface area contributed by atoms with Crippen molar-refractivity contribution in [3.8, 4) is 5.75 Å². The van der Waals surface area contributed by atoms with Crippen LogP contribution in [0.15, 0.2) is 18.2 Å². The molecule has 0 aromatic heterocycles. The number of hydrogen-bond acceptors (Lipinski definition) is 3. The van der Waals surface area contributed by atoms with Gasteiger partial charge in [0.05, 0.1) is 6.61 Å². The molecular formula is C15H23FN2O2. The maximum atomic E-state index is 13.8. The van der Waals surface area contributed by atoms with Crippen LogP contribution in [0.4, 0.5) is 4.39 Å². The number of nitrogens with one attached hydrogen (secondary N) is 1. The van der Waals surface area contributed by atoms with Crippen LogP contribution in [0.1, 0.15) is 25.3 Å². The average Bonchev–Trinajstić information content (AvgIpc) is 2.42. The van der Waals surface area contributed by atoms with Gasteiger partial charge in [0.2, 0.25) is 5.91 Å². The Kier molecular flexibility index (Phi) is 7.01.